The lowest BCUT2D eigenvalue weighted by atomic mass is 9.91. The van der Waals surface area contributed by atoms with Gasteiger partial charge in [0.25, 0.3) is 5.91 Å². The Labute approximate surface area is 182 Å². The van der Waals surface area contributed by atoms with Crippen LogP contribution in [0.4, 0.5) is 5.69 Å². The molecule has 0 heterocycles. The Kier molecular flexibility index (Phi) is 7.54. The Balaban J connectivity index is 1.67. The molecule has 0 aliphatic heterocycles. The quantitative estimate of drug-likeness (QED) is 0.424. The van der Waals surface area contributed by atoms with Crippen LogP contribution in [0.1, 0.15) is 30.4 Å². The molecule has 6 nitrogen and oxygen atoms in total. The summed E-state index contributed by atoms with van der Waals surface area (Å²) in [6.07, 6.45) is 0.0413. The van der Waals surface area contributed by atoms with Crippen LogP contribution < -0.4 is 15.5 Å². The first kappa shape index (κ1) is 21.8. The number of methoxy groups -OCH3 is 1. The molecule has 0 aliphatic carbocycles. The largest absolute Gasteiger partial charge is 0.495 e. The molecule has 0 unspecified atom stereocenters. The van der Waals surface area contributed by atoms with E-state index in [0.29, 0.717) is 17.1 Å². The fourth-order valence-electron chi connectivity index (χ4n) is 3.22. The second-order valence-corrected chi connectivity index (χ2v) is 7.00. The van der Waals surface area contributed by atoms with Gasteiger partial charge in [0.2, 0.25) is 5.91 Å². The summed E-state index contributed by atoms with van der Waals surface area (Å²) >= 11 is 0. The Morgan fingerprint density at radius 2 is 1.42 bits per heavy atom. The number of benzene rings is 3. The highest BCUT2D eigenvalue weighted by Gasteiger charge is 2.22. The first-order chi connectivity index (χ1) is 15.1. The molecule has 2 amide bonds. The summed E-state index contributed by atoms with van der Waals surface area (Å²) in [6.45, 7) is 1.70. The number of hydrogen-bond acceptors (Lipinski definition) is 4. The molecule has 0 radical (unpaired) electrons. The highest BCUT2D eigenvalue weighted by molar-refractivity contribution is 6.06. The molecule has 0 saturated heterocycles. The zero-order chi connectivity index (χ0) is 22.1. The molecule has 158 valence electrons. The minimum Gasteiger partial charge on any atom is -0.495 e. The molecule has 0 fully saturated rings. The maximum Gasteiger partial charge on any atom is 0.252 e. The molecule has 0 atom stereocenters. The van der Waals surface area contributed by atoms with E-state index < -0.39 is 5.92 Å². The van der Waals surface area contributed by atoms with Gasteiger partial charge in [0.15, 0.2) is 0 Å². The first-order valence-electron chi connectivity index (χ1n) is 9.94. The lowest BCUT2D eigenvalue weighted by Crippen LogP contribution is -2.27. The Morgan fingerprint density at radius 1 is 0.871 bits per heavy atom. The van der Waals surface area contributed by atoms with Crippen molar-refractivity contribution in [2.24, 2.45) is 5.10 Å². The van der Waals surface area contributed by atoms with E-state index in [1.54, 1.807) is 26.2 Å². The van der Waals surface area contributed by atoms with Crippen LogP contribution in [0.3, 0.4) is 0 Å². The van der Waals surface area contributed by atoms with Gasteiger partial charge in [0.05, 0.1) is 25.1 Å². The van der Waals surface area contributed by atoms with Crippen LogP contribution in [0, 0.1) is 0 Å². The van der Waals surface area contributed by atoms with E-state index in [0.717, 1.165) is 11.1 Å². The molecule has 0 saturated carbocycles. The number of nitrogens with zero attached hydrogens (tertiary/aromatic N) is 1. The third kappa shape index (κ3) is 6.02. The minimum absolute atomic E-state index is 0.0413. The predicted molar refractivity (Wildman–Crippen MR) is 122 cm³/mol. The normalized spacial score (nSPS) is 11.1. The maximum absolute atomic E-state index is 13.0. The number of hydrogen-bond donors (Lipinski definition) is 2. The summed E-state index contributed by atoms with van der Waals surface area (Å²) in [5, 5.41) is 6.94. The molecule has 0 aliphatic rings. The van der Waals surface area contributed by atoms with Crippen molar-refractivity contribution < 1.29 is 14.3 Å². The molecule has 0 spiro atoms. The number of rotatable bonds is 8. The number of amides is 2. The van der Waals surface area contributed by atoms with Crippen LogP contribution in [0.15, 0.2) is 90.0 Å². The topological polar surface area (TPSA) is 79.8 Å². The molecule has 3 aromatic rings. The van der Waals surface area contributed by atoms with Gasteiger partial charge >= 0.3 is 0 Å². The number of anilines is 1. The zero-order valence-electron chi connectivity index (χ0n) is 17.5. The van der Waals surface area contributed by atoms with E-state index in [1.807, 2.05) is 72.8 Å². The summed E-state index contributed by atoms with van der Waals surface area (Å²) in [6, 6.07) is 26.2. The Hall–Kier alpha value is -3.93. The van der Waals surface area contributed by atoms with Crippen molar-refractivity contribution in [3.8, 4) is 5.75 Å². The highest BCUT2D eigenvalue weighted by atomic mass is 16.5. The fourth-order valence-corrected chi connectivity index (χ4v) is 3.22. The van der Waals surface area contributed by atoms with E-state index in [4.69, 9.17) is 4.74 Å². The lowest BCUT2D eigenvalue weighted by Gasteiger charge is -2.16. The van der Waals surface area contributed by atoms with Crippen LogP contribution in [-0.4, -0.2) is 24.6 Å². The van der Waals surface area contributed by atoms with E-state index in [1.165, 1.54) is 0 Å². The average molecular weight is 415 g/mol. The van der Waals surface area contributed by atoms with Crippen LogP contribution in [-0.2, 0) is 9.59 Å². The van der Waals surface area contributed by atoms with Crippen molar-refractivity contribution in [2.75, 3.05) is 12.4 Å². The van der Waals surface area contributed by atoms with Gasteiger partial charge in [0.1, 0.15) is 5.75 Å². The standard InChI is InChI=1S/C25H25N3O3/c1-18(17-23(29)26-21-15-9-10-16-22(21)31-2)27-28-25(30)24(19-11-5-3-6-12-19)20-13-7-4-8-14-20/h3-16,24H,17H2,1-2H3,(H,26,29)(H,28,30). The number of nitrogens with one attached hydrogen (secondary N) is 2. The first-order valence-corrected chi connectivity index (χ1v) is 9.94. The minimum atomic E-state index is -0.499. The third-order valence-electron chi connectivity index (χ3n) is 4.68. The van der Waals surface area contributed by atoms with Crippen LogP contribution in [0.25, 0.3) is 0 Å². The second-order valence-electron chi connectivity index (χ2n) is 7.00. The van der Waals surface area contributed by atoms with Crippen LogP contribution in [0.5, 0.6) is 5.75 Å². The molecule has 31 heavy (non-hydrogen) atoms. The number of carbonyl (C=O) groups excluding carboxylic acids is 2. The number of ether oxygens (including phenoxy) is 1. The highest BCUT2D eigenvalue weighted by Crippen LogP contribution is 2.25. The molecule has 2 N–H and O–H groups in total. The van der Waals surface area contributed by atoms with Gasteiger partial charge in [-0.05, 0) is 30.2 Å². The SMILES string of the molecule is COc1ccccc1NC(=O)CC(C)=NNC(=O)C(c1ccccc1)c1ccccc1. The van der Waals surface area contributed by atoms with Crippen LogP contribution >= 0.6 is 0 Å². The number of carbonyl (C=O) groups is 2. The summed E-state index contributed by atoms with van der Waals surface area (Å²) < 4.78 is 5.24. The summed E-state index contributed by atoms with van der Waals surface area (Å²) in [7, 11) is 1.54. The van der Waals surface area contributed by atoms with E-state index in [-0.39, 0.29) is 18.2 Å². The van der Waals surface area contributed by atoms with E-state index >= 15 is 0 Å². The number of para-hydroxylation sites is 2. The molecule has 3 aromatic carbocycles. The summed E-state index contributed by atoms with van der Waals surface area (Å²) in [5.41, 5.74) is 5.42. The van der Waals surface area contributed by atoms with Gasteiger partial charge in [-0.1, -0.05) is 72.8 Å². The van der Waals surface area contributed by atoms with Gasteiger partial charge in [-0.3, -0.25) is 9.59 Å². The molecular weight excluding hydrogens is 390 g/mol. The van der Waals surface area contributed by atoms with Gasteiger partial charge < -0.3 is 10.1 Å². The summed E-state index contributed by atoms with van der Waals surface area (Å²) in [5.74, 6) is -0.432. The monoisotopic (exact) mass is 415 g/mol. The number of hydrazone groups is 1. The molecule has 0 aromatic heterocycles. The third-order valence-corrected chi connectivity index (χ3v) is 4.68. The second kappa shape index (κ2) is 10.7. The van der Waals surface area contributed by atoms with Crippen molar-refractivity contribution >= 4 is 23.2 Å². The Bertz CT molecular complexity index is 1010. The van der Waals surface area contributed by atoms with Crippen LogP contribution in [0.2, 0.25) is 0 Å². The van der Waals surface area contributed by atoms with Gasteiger partial charge in [-0.15, -0.1) is 0 Å². The zero-order valence-corrected chi connectivity index (χ0v) is 17.5. The molecule has 6 heteroatoms. The smallest absolute Gasteiger partial charge is 0.252 e. The molecule has 3 rings (SSSR count). The maximum atomic E-state index is 13.0. The van der Waals surface area contributed by atoms with Crippen molar-refractivity contribution in [2.45, 2.75) is 19.3 Å². The van der Waals surface area contributed by atoms with Gasteiger partial charge in [-0.25, -0.2) is 5.43 Å². The van der Waals surface area contributed by atoms with E-state index in [9.17, 15) is 9.59 Å². The predicted octanol–water partition coefficient (Wildman–Crippen LogP) is 4.35. The van der Waals surface area contributed by atoms with E-state index in [2.05, 4.69) is 15.8 Å². The fraction of sp³-hybridized carbons (Fsp3) is 0.160. The van der Waals surface area contributed by atoms with Crippen molar-refractivity contribution in [3.05, 3.63) is 96.1 Å². The van der Waals surface area contributed by atoms with Crippen molar-refractivity contribution in [1.82, 2.24) is 5.43 Å². The van der Waals surface area contributed by atoms with Gasteiger partial charge in [-0.2, -0.15) is 5.10 Å². The molecular formula is C25H25N3O3. The molecule has 0 bridgehead atoms. The van der Waals surface area contributed by atoms with Crippen molar-refractivity contribution in [3.63, 3.8) is 0 Å². The average Bonchev–Trinajstić information content (AvgIpc) is 2.79. The summed E-state index contributed by atoms with van der Waals surface area (Å²) in [4.78, 5) is 25.3. The Morgan fingerprint density at radius 3 is 2.00 bits per heavy atom. The van der Waals surface area contributed by atoms with Crippen molar-refractivity contribution in [1.29, 1.82) is 0 Å². The lowest BCUT2D eigenvalue weighted by molar-refractivity contribution is -0.121. The van der Waals surface area contributed by atoms with Gasteiger partial charge in [0, 0.05) is 5.71 Å².